The molecule has 1 atom stereocenters. The Hall–Kier alpha value is -3.33. The molecule has 0 bridgehead atoms. The van der Waals surface area contributed by atoms with Crippen molar-refractivity contribution in [1.82, 2.24) is 10.3 Å². The quantitative estimate of drug-likeness (QED) is 0.578. The minimum atomic E-state index is -1.24. The lowest BCUT2D eigenvalue weighted by atomic mass is 10.0. The molecular weight excluding hydrogens is 402 g/mol. The van der Waals surface area contributed by atoms with Crippen molar-refractivity contribution in [3.05, 3.63) is 81.8 Å². The van der Waals surface area contributed by atoms with Crippen molar-refractivity contribution >= 4 is 23.2 Å². The van der Waals surface area contributed by atoms with Gasteiger partial charge < -0.3 is 15.2 Å². The molecule has 0 spiro atoms. The van der Waals surface area contributed by atoms with Gasteiger partial charge in [0.05, 0.1) is 23.7 Å². The van der Waals surface area contributed by atoms with E-state index in [2.05, 4.69) is 10.3 Å². The average molecular weight is 418 g/mol. The SMILES string of the molecule is O=C(O)CC(NC(=O)c1cccc(OCc2cscn2)c1)c1ccc(F)cc1F. The van der Waals surface area contributed by atoms with E-state index in [1.165, 1.54) is 23.5 Å². The summed E-state index contributed by atoms with van der Waals surface area (Å²) in [5.74, 6) is -3.15. The van der Waals surface area contributed by atoms with Crippen LogP contribution in [-0.4, -0.2) is 22.0 Å². The second-order valence-electron chi connectivity index (χ2n) is 6.09. The summed E-state index contributed by atoms with van der Waals surface area (Å²) < 4.78 is 32.8. The molecule has 0 saturated heterocycles. The van der Waals surface area contributed by atoms with Crippen molar-refractivity contribution in [1.29, 1.82) is 0 Å². The molecule has 3 aromatic rings. The van der Waals surface area contributed by atoms with E-state index in [-0.39, 0.29) is 17.7 Å². The number of nitrogens with one attached hydrogen (secondary N) is 1. The molecule has 1 heterocycles. The minimum Gasteiger partial charge on any atom is -0.487 e. The van der Waals surface area contributed by atoms with E-state index in [0.717, 1.165) is 17.8 Å². The molecule has 1 amide bonds. The Morgan fingerprint density at radius 2 is 2.03 bits per heavy atom. The molecule has 2 N–H and O–H groups in total. The third kappa shape index (κ3) is 5.58. The summed E-state index contributed by atoms with van der Waals surface area (Å²) in [7, 11) is 0. The average Bonchev–Trinajstić information content (AvgIpc) is 3.19. The Bertz CT molecular complexity index is 1010. The first-order chi connectivity index (χ1) is 13.9. The van der Waals surface area contributed by atoms with E-state index in [4.69, 9.17) is 9.84 Å². The molecule has 3 rings (SSSR count). The zero-order valence-corrected chi connectivity index (χ0v) is 15.8. The zero-order valence-electron chi connectivity index (χ0n) is 15.0. The number of halogens is 2. The summed E-state index contributed by atoms with van der Waals surface area (Å²) in [6.45, 7) is 0.233. The number of amides is 1. The van der Waals surface area contributed by atoms with E-state index in [1.54, 1.807) is 17.6 Å². The van der Waals surface area contributed by atoms with Crippen molar-refractivity contribution in [2.45, 2.75) is 19.1 Å². The lowest BCUT2D eigenvalue weighted by molar-refractivity contribution is -0.137. The number of hydrogen-bond acceptors (Lipinski definition) is 5. The lowest BCUT2D eigenvalue weighted by Gasteiger charge is -2.18. The van der Waals surface area contributed by atoms with Crippen LogP contribution >= 0.6 is 11.3 Å². The van der Waals surface area contributed by atoms with Crippen LogP contribution in [0.2, 0.25) is 0 Å². The molecule has 150 valence electrons. The second-order valence-corrected chi connectivity index (χ2v) is 6.80. The van der Waals surface area contributed by atoms with Gasteiger partial charge >= 0.3 is 5.97 Å². The molecular formula is C20H16F2N2O4S. The number of hydrogen-bond donors (Lipinski definition) is 2. The number of nitrogens with zero attached hydrogens (tertiary/aromatic N) is 1. The van der Waals surface area contributed by atoms with Crippen LogP contribution in [0.25, 0.3) is 0 Å². The van der Waals surface area contributed by atoms with E-state index >= 15 is 0 Å². The van der Waals surface area contributed by atoms with Crippen LogP contribution < -0.4 is 10.1 Å². The summed E-state index contributed by atoms with van der Waals surface area (Å²) >= 11 is 1.44. The molecule has 0 fully saturated rings. The van der Waals surface area contributed by atoms with Crippen LogP contribution in [0.15, 0.2) is 53.4 Å². The van der Waals surface area contributed by atoms with E-state index < -0.39 is 36.0 Å². The monoisotopic (exact) mass is 418 g/mol. The van der Waals surface area contributed by atoms with Crippen molar-refractivity contribution < 1.29 is 28.2 Å². The number of carbonyl (C=O) groups is 2. The Balaban J connectivity index is 1.75. The lowest BCUT2D eigenvalue weighted by Crippen LogP contribution is -2.30. The maximum Gasteiger partial charge on any atom is 0.305 e. The molecule has 0 radical (unpaired) electrons. The predicted octanol–water partition coefficient (Wildman–Crippen LogP) is 3.95. The molecule has 1 aromatic heterocycles. The molecule has 9 heteroatoms. The van der Waals surface area contributed by atoms with Gasteiger partial charge in [-0.15, -0.1) is 11.3 Å². The van der Waals surface area contributed by atoms with E-state index in [9.17, 15) is 18.4 Å². The van der Waals surface area contributed by atoms with E-state index in [0.29, 0.717) is 11.8 Å². The van der Waals surface area contributed by atoms with Gasteiger partial charge in [0.25, 0.3) is 5.91 Å². The first-order valence-electron chi connectivity index (χ1n) is 8.50. The molecule has 29 heavy (non-hydrogen) atoms. The van der Waals surface area contributed by atoms with Crippen molar-refractivity contribution in [3.8, 4) is 5.75 Å². The number of rotatable bonds is 8. The van der Waals surface area contributed by atoms with Crippen LogP contribution in [0.1, 0.15) is 34.1 Å². The van der Waals surface area contributed by atoms with Gasteiger partial charge in [-0.2, -0.15) is 0 Å². The first kappa shape index (κ1) is 20.4. The summed E-state index contributed by atoms with van der Waals surface area (Å²) in [6.07, 6.45) is -0.561. The Kier molecular flexibility index (Phi) is 6.50. The smallest absolute Gasteiger partial charge is 0.305 e. The number of thiazole rings is 1. The first-order valence-corrected chi connectivity index (χ1v) is 9.44. The maximum atomic E-state index is 14.1. The molecule has 1 unspecified atom stereocenters. The summed E-state index contributed by atoms with van der Waals surface area (Å²) in [5, 5.41) is 13.4. The minimum absolute atomic E-state index is 0.113. The van der Waals surface area contributed by atoms with Gasteiger partial charge in [0.15, 0.2) is 0 Å². The molecule has 2 aromatic carbocycles. The number of ether oxygens (including phenoxy) is 1. The largest absolute Gasteiger partial charge is 0.487 e. The van der Waals surface area contributed by atoms with Gasteiger partial charge in [0, 0.05) is 22.6 Å². The van der Waals surface area contributed by atoms with Gasteiger partial charge in [-0.1, -0.05) is 12.1 Å². The Morgan fingerprint density at radius 3 is 2.72 bits per heavy atom. The van der Waals surface area contributed by atoms with Crippen LogP contribution in [0.3, 0.4) is 0 Å². The van der Waals surface area contributed by atoms with Crippen LogP contribution in [0, 0.1) is 11.6 Å². The highest BCUT2D eigenvalue weighted by molar-refractivity contribution is 7.07. The van der Waals surface area contributed by atoms with Gasteiger partial charge in [-0.3, -0.25) is 9.59 Å². The van der Waals surface area contributed by atoms with Crippen LogP contribution in [0.4, 0.5) is 8.78 Å². The van der Waals surface area contributed by atoms with Gasteiger partial charge in [0.2, 0.25) is 0 Å². The number of carboxylic acids is 1. The number of carbonyl (C=O) groups excluding carboxylic acids is 1. The third-order valence-corrected chi connectivity index (χ3v) is 4.62. The molecule has 0 aliphatic heterocycles. The topological polar surface area (TPSA) is 88.5 Å². The summed E-state index contributed by atoms with van der Waals surface area (Å²) in [5.41, 5.74) is 2.52. The highest BCUT2D eigenvalue weighted by Crippen LogP contribution is 2.23. The maximum absolute atomic E-state index is 14.1. The fraction of sp³-hybridized carbons (Fsp3) is 0.150. The zero-order chi connectivity index (χ0) is 20.8. The van der Waals surface area contributed by atoms with Crippen molar-refractivity contribution in [2.24, 2.45) is 0 Å². The fourth-order valence-electron chi connectivity index (χ4n) is 2.63. The van der Waals surface area contributed by atoms with Crippen molar-refractivity contribution in [3.63, 3.8) is 0 Å². The highest BCUT2D eigenvalue weighted by Gasteiger charge is 2.22. The van der Waals surface area contributed by atoms with Gasteiger partial charge in [-0.25, -0.2) is 13.8 Å². The normalized spacial score (nSPS) is 11.7. The number of carboxylic acid groups (broad SMARTS) is 1. The van der Waals surface area contributed by atoms with Crippen LogP contribution in [0.5, 0.6) is 5.75 Å². The number of aromatic nitrogens is 1. The number of aliphatic carboxylic acids is 1. The van der Waals surface area contributed by atoms with Gasteiger partial charge in [-0.05, 0) is 24.3 Å². The van der Waals surface area contributed by atoms with E-state index in [1.807, 2.05) is 5.38 Å². The van der Waals surface area contributed by atoms with Gasteiger partial charge in [0.1, 0.15) is 24.0 Å². The fourth-order valence-corrected chi connectivity index (χ4v) is 3.18. The third-order valence-electron chi connectivity index (χ3n) is 3.99. The second kappa shape index (κ2) is 9.24. The Labute approximate surface area is 168 Å². The Morgan fingerprint density at radius 1 is 1.21 bits per heavy atom. The summed E-state index contributed by atoms with van der Waals surface area (Å²) in [6, 6.07) is 7.87. The highest BCUT2D eigenvalue weighted by atomic mass is 32.1. The summed E-state index contributed by atoms with van der Waals surface area (Å²) in [4.78, 5) is 27.9. The molecule has 0 aliphatic carbocycles. The van der Waals surface area contributed by atoms with Crippen molar-refractivity contribution in [2.75, 3.05) is 0 Å². The van der Waals surface area contributed by atoms with Crippen LogP contribution in [-0.2, 0) is 11.4 Å². The standard InChI is InChI=1S/C20H16F2N2O4S/c21-13-4-5-16(17(22)7-13)18(8-19(25)26)24-20(27)12-2-1-3-15(6-12)28-9-14-10-29-11-23-14/h1-7,10-11,18H,8-9H2,(H,24,27)(H,25,26). The molecule has 0 saturated carbocycles. The molecule has 6 nitrogen and oxygen atoms in total. The molecule has 0 aliphatic rings. The predicted molar refractivity (Wildman–Crippen MR) is 102 cm³/mol. The number of benzene rings is 2.